The summed E-state index contributed by atoms with van der Waals surface area (Å²) in [6.07, 6.45) is 1.84. The van der Waals surface area contributed by atoms with Crippen molar-refractivity contribution >= 4 is 27.3 Å². The molecule has 108 valence electrons. The van der Waals surface area contributed by atoms with Crippen molar-refractivity contribution < 1.29 is 4.92 Å². The van der Waals surface area contributed by atoms with Crippen LogP contribution in [-0.4, -0.2) is 18.0 Å². The Kier molecular flexibility index (Phi) is 3.92. The Hall–Kier alpha value is -1.88. The van der Waals surface area contributed by atoms with Crippen LogP contribution in [0.5, 0.6) is 0 Å². The second-order valence-corrected chi connectivity index (χ2v) is 6.06. The number of rotatable bonds is 2. The third-order valence-electron chi connectivity index (χ3n) is 3.90. The van der Waals surface area contributed by atoms with Crippen molar-refractivity contribution in [3.05, 3.63) is 68.2 Å². The molecule has 2 aromatic carbocycles. The molecule has 0 spiro atoms. The van der Waals surface area contributed by atoms with Gasteiger partial charge in [0.25, 0.3) is 5.69 Å². The van der Waals surface area contributed by atoms with E-state index in [1.807, 2.05) is 12.1 Å². The smallest absolute Gasteiger partial charge is 0.293 e. The number of fused-ring (bicyclic) bond motifs is 1. The second kappa shape index (κ2) is 5.85. The zero-order chi connectivity index (χ0) is 14.8. The Morgan fingerprint density at radius 1 is 1.05 bits per heavy atom. The minimum atomic E-state index is -0.307. The number of nitro benzene ring substituents is 1. The summed E-state index contributed by atoms with van der Waals surface area (Å²) in [7, 11) is 0. The minimum absolute atomic E-state index is 0.162. The van der Waals surface area contributed by atoms with E-state index in [9.17, 15) is 10.1 Å². The van der Waals surface area contributed by atoms with Gasteiger partial charge < -0.3 is 4.90 Å². The van der Waals surface area contributed by atoms with Crippen LogP contribution in [0.3, 0.4) is 0 Å². The molecule has 0 atom stereocenters. The summed E-state index contributed by atoms with van der Waals surface area (Å²) in [6, 6.07) is 13.7. The first-order chi connectivity index (χ1) is 10.1. The molecule has 0 radical (unpaired) electrons. The average Bonchev–Trinajstić information content (AvgIpc) is 2.70. The molecule has 0 fully saturated rings. The van der Waals surface area contributed by atoms with E-state index < -0.39 is 0 Å². The van der Waals surface area contributed by atoms with Gasteiger partial charge in [0.2, 0.25) is 0 Å². The molecule has 0 saturated heterocycles. The van der Waals surface area contributed by atoms with Crippen LogP contribution in [0.25, 0.3) is 0 Å². The predicted octanol–water partition coefficient (Wildman–Crippen LogP) is 3.96. The highest BCUT2D eigenvalue weighted by Gasteiger charge is 2.22. The molecule has 1 aliphatic heterocycles. The van der Waals surface area contributed by atoms with E-state index in [-0.39, 0.29) is 10.6 Å². The Bertz CT molecular complexity index is 661. The van der Waals surface area contributed by atoms with Crippen LogP contribution >= 0.6 is 15.9 Å². The van der Waals surface area contributed by atoms with Gasteiger partial charge in [-0.2, -0.15) is 0 Å². The predicted molar refractivity (Wildman–Crippen MR) is 86.9 cm³/mol. The van der Waals surface area contributed by atoms with Gasteiger partial charge in [-0.1, -0.05) is 40.2 Å². The fourth-order valence-corrected chi connectivity index (χ4v) is 3.17. The van der Waals surface area contributed by atoms with Crippen molar-refractivity contribution in [2.45, 2.75) is 12.8 Å². The van der Waals surface area contributed by atoms with E-state index in [1.54, 1.807) is 6.07 Å². The maximum absolute atomic E-state index is 11.3. The summed E-state index contributed by atoms with van der Waals surface area (Å²) in [5.41, 5.74) is 3.56. The highest BCUT2D eigenvalue weighted by Crippen LogP contribution is 2.32. The highest BCUT2D eigenvalue weighted by molar-refractivity contribution is 9.10. The quantitative estimate of drug-likeness (QED) is 0.610. The average molecular weight is 347 g/mol. The fourth-order valence-electron chi connectivity index (χ4n) is 2.82. The number of halogens is 1. The maximum atomic E-state index is 11.3. The number of anilines is 1. The number of nitro groups is 1. The molecule has 0 amide bonds. The Labute approximate surface area is 131 Å². The van der Waals surface area contributed by atoms with Gasteiger partial charge >= 0.3 is 0 Å². The molecule has 21 heavy (non-hydrogen) atoms. The second-order valence-electron chi connectivity index (χ2n) is 5.15. The Morgan fingerprint density at radius 2 is 1.67 bits per heavy atom. The van der Waals surface area contributed by atoms with Gasteiger partial charge in [0, 0.05) is 23.6 Å². The molecule has 1 aliphatic rings. The summed E-state index contributed by atoms with van der Waals surface area (Å²) >= 11 is 3.30. The molecule has 2 aromatic rings. The van der Waals surface area contributed by atoms with Crippen molar-refractivity contribution in [3.8, 4) is 0 Å². The van der Waals surface area contributed by atoms with Gasteiger partial charge in [0.05, 0.1) is 4.92 Å². The summed E-state index contributed by atoms with van der Waals surface area (Å²) in [5, 5.41) is 11.3. The lowest BCUT2D eigenvalue weighted by Crippen LogP contribution is -2.26. The number of benzene rings is 2. The van der Waals surface area contributed by atoms with Crippen LogP contribution < -0.4 is 4.90 Å². The molecule has 1 heterocycles. The molecular formula is C16H15BrN2O2. The minimum Gasteiger partial charge on any atom is -0.365 e. The SMILES string of the molecule is O=[N+]([O-])c1cc(Br)ccc1N1CCc2ccccc2CC1. The highest BCUT2D eigenvalue weighted by atomic mass is 79.9. The van der Waals surface area contributed by atoms with Crippen molar-refractivity contribution in [1.29, 1.82) is 0 Å². The van der Waals surface area contributed by atoms with E-state index in [0.717, 1.165) is 30.4 Å². The first-order valence-corrected chi connectivity index (χ1v) is 7.70. The molecule has 0 aromatic heterocycles. The monoisotopic (exact) mass is 346 g/mol. The van der Waals surface area contributed by atoms with Crippen molar-refractivity contribution in [2.75, 3.05) is 18.0 Å². The summed E-state index contributed by atoms with van der Waals surface area (Å²) in [5.74, 6) is 0. The zero-order valence-electron chi connectivity index (χ0n) is 11.5. The van der Waals surface area contributed by atoms with Gasteiger partial charge in [-0.3, -0.25) is 10.1 Å². The first-order valence-electron chi connectivity index (χ1n) is 6.91. The summed E-state index contributed by atoms with van der Waals surface area (Å²) in [4.78, 5) is 13.1. The van der Waals surface area contributed by atoms with Gasteiger partial charge in [-0.25, -0.2) is 0 Å². The largest absolute Gasteiger partial charge is 0.365 e. The molecule has 0 bridgehead atoms. The fraction of sp³-hybridized carbons (Fsp3) is 0.250. The van der Waals surface area contributed by atoms with Gasteiger partial charge in [0.1, 0.15) is 5.69 Å². The lowest BCUT2D eigenvalue weighted by Gasteiger charge is -2.22. The first kappa shape index (κ1) is 14.1. The van der Waals surface area contributed by atoms with Crippen LogP contribution in [0.2, 0.25) is 0 Å². The molecule has 4 nitrogen and oxygen atoms in total. The van der Waals surface area contributed by atoms with E-state index in [1.165, 1.54) is 11.1 Å². The van der Waals surface area contributed by atoms with Crippen LogP contribution in [0.1, 0.15) is 11.1 Å². The molecule has 0 saturated carbocycles. The molecule has 0 aliphatic carbocycles. The van der Waals surface area contributed by atoms with Crippen molar-refractivity contribution in [3.63, 3.8) is 0 Å². The summed E-state index contributed by atoms with van der Waals surface area (Å²) in [6.45, 7) is 1.61. The zero-order valence-corrected chi connectivity index (χ0v) is 13.0. The van der Waals surface area contributed by atoms with Crippen LogP contribution in [0.15, 0.2) is 46.9 Å². The maximum Gasteiger partial charge on any atom is 0.293 e. The lowest BCUT2D eigenvalue weighted by atomic mass is 10.0. The van der Waals surface area contributed by atoms with Crippen LogP contribution in [-0.2, 0) is 12.8 Å². The molecule has 0 unspecified atom stereocenters. The van der Waals surface area contributed by atoms with Crippen molar-refractivity contribution in [2.24, 2.45) is 0 Å². The van der Waals surface area contributed by atoms with Crippen LogP contribution in [0, 0.1) is 10.1 Å². The third-order valence-corrected chi connectivity index (χ3v) is 4.39. The van der Waals surface area contributed by atoms with Gasteiger partial charge in [-0.05, 0) is 36.1 Å². The van der Waals surface area contributed by atoms with E-state index in [4.69, 9.17) is 0 Å². The molecule has 3 rings (SSSR count). The molecular weight excluding hydrogens is 332 g/mol. The van der Waals surface area contributed by atoms with Gasteiger partial charge in [0.15, 0.2) is 0 Å². The van der Waals surface area contributed by atoms with Crippen molar-refractivity contribution in [1.82, 2.24) is 0 Å². The Balaban J connectivity index is 1.91. The number of hydrogen-bond donors (Lipinski definition) is 0. The normalized spacial score (nSPS) is 14.4. The topological polar surface area (TPSA) is 46.4 Å². The van der Waals surface area contributed by atoms with E-state index in [2.05, 4.69) is 45.1 Å². The van der Waals surface area contributed by atoms with Gasteiger partial charge in [-0.15, -0.1) is 0 Å². The third kappa shape index (κ3) is 2.93. The molecule has 0 N–H and O–H groups in total. The molecule has 5 heteroatoms. The van der Waals surface area contributed by atoms with E-state index in [0.29, 0.717) is 5.69 Å². The Morgan fingerprint density at radius 3 is 2.24 bits per heavy atom. The number of hydrogen-bond acceptors (Lipinski definition) is 3. The standard InChI is InChI=1S/C16H15BrN2O2/c17-14-5-6-15(16(11-14)19(20)21)18-9-7-12-3-1-2-4-13(12)8-10-18/h1-6,11H,7-10H2. The summed E-state index contributed by atoms with van der Waals surface area (Å²) < 4.78 is 0.732. The lowest BCUT2D eigenvalue weighted by molar-refractivity contribution is -0.384. The van der Waals surface area contributed by atoms with E-state index >= 15 is 0 Å². The van der Waals surface area contributed by atoms with Crippen LogP contribution in [0.4, 0.5) is 11.4 Å². The number of nitrogens with zero attached hydrogens (tertiary/aromatic N) is 2.